The molecule has 1 saturated heterocycles. The number of cyclic esters (lactones) is 1. The third-order valence-electron chi connectivity index (χ3n) is 13.4. The lowest BCUT2D eigenvalue weighted by Gasteiger charge is -2.30. The lowest BCUT2D eigenvalue weighted by atomic mass is 9.96. The lowest BCUT2D eigenvalue weighted by Crippen LogP contribution is -2.62. The highest BCUT2D eigenvalue weighted by Gasteiger charge is 2.39. The molecule has 1 aliphatic heterocycles. The minimum Gasteiger partial charge on any atom is -0.460 e. The summed E-state index contributed by atoms with van der Waals surface area (Å²) in [4.78, 5) is 141. The molecule has 1 fully saturated rings. The third kappa shape index (κ3) is 22.6. The second-order valence-corrected chi connectivity index (χ2v) is 21.9. The van der Waals surface area contributed by atoms with Gasteiger partial charge in [0.25, 0.3) is 0 Å². The van der Waals surface area contributed by atoms with Gasteiger partial charge in [-0.05, 0) is 93.8 Å². The van der Waals surface area contributed by atoms with Crippen LogP contribution in [0.1, 0.15) is 127 Å². The maximum Gasteiger partial charge on any atom is 0.331 e. The van der Waals surface area contributed by atoms with E-state index in [9.17, 15) is 53.1 Å². The Hall–Kier alpha value is -6.24. The molecule has 0 saturated carbocycles. The Kier molecular flexibility index (Phi) is 29.5. The fourth-order valence-corrected chi connectivity index (χ4v) is 8.56. The molecule has 24 nitrogen and oxygen atoms in total. The zero-order valence-corrected chi connectivity index (χ0v) is 47.6. The summed E-state index contributed by atoms with van der Waals surface area (Å²) in [6.07, 6.45) is -3.00. The molecule has 24 heteroatoms. The number of aliphatic hydroxyl groups is 1. The van der Waals surface area contributed by atoms with Crippen LogP contribution in [-0.4, -0.2) is 150 Å². The standard InChI is InChI=1S/C54H92N12O12/c1-12-32(10)44-53(76)60-36(19-22-56)46(69)62-40(26-34-16-14-13-15-17-34)50(73)61-38(24-28(2)3)49(72)59-37(20-23-57)48(71)64-43(31(8)9)52(75)63-39(25-29(4)5)51(74)66-45(33(11)67)54(77)78-41(30(6)7)27-42(68)58-35(18-21-55)47(70)65-44/h13-17,28-33,35-41,43-45,67H,12,18-27,55-57H2,1-11H3,(H,58,68)(H,59,72)(H,60,76)(H,61,73)(H,62,69)(H,63,75)(H,64,71)(H,65,70)(H,66,74)/t32-,33+,35-,36-,37-,38-,39-,40+,41-,43+,44-,45-/m0/s1. The number of ether oxygens (including phenoxy) is 1. The van der Waals surface area contributed by atoms with Gasteiger partial charge in [-0.1, -0.05) is 106 Å². The van der Waals surface area contributed by atoms with Crippen molar-refractivity contribution < 1.29 is 57.8 Å². The number of benzene rings is 1. The number of hydrogen-bond acceptors (Lipinski definition) is 15. The minimum atomic E-state index is -1.69. The van der Waals surface area contributed by atoms with Crippen molar-refractivity contribution in [3.05, 3.63) is 35.9 Å². The highest BCUT2D eigenvalue weighted by Crippen LogP contribution is 2.17. The van der Waals surface area contributed by atoms with Crippen LogP contribution in [-0.2, 0) is 59.1 Å². The number of aliphatic hydroxyl groups excluding tert-OH is 1. The average molecular weight is 1100 g/mol. The predicted molar refractivity (Wildman–Crippen MR) is 293 cm³/mol. The molecule has 12 atom stereocenters. The summed E-state index contributed by atoms with van der Waals surface area (Å²) >= 11 is 0. The van der Waals surface area contributed by atoms with Gasteiger partial charge in [-0.2, -0.15) is 0 Å². The Morgan fingerprint density at radius 2 is 0.872 bits per heavy atom. The topological polar surface area (TPSA) is 386 Å². The van der Waals surface area contributed by atoms with Crippen LogP contribution in [0.2, 0.25) is 0 Å². The van der Waals surface area contributed by atoms with Crippen LogP contribution in [0.25, 0.3) is 0 Å². The molecule has 0 aromatic heterocycles. The van der Waals surface area contributed by atoms with Crippen LogP contribution in [0.15, 0.2) is 30.3 Å². The number of rotatable bonds is 17. The van der Waals surface area contributed by atoms with Crippen LogP contribution in [0, 0.1) is 29.6 Å². The van der Waals surface area contributed by atoms with Gasteiger partial charge in [-0.25, -0.2) is 4.79 Å². The van der Waals surface area contributed by atoms with Crippen LogP contribution in [0.3, 0.4) is 0 Å². The van der Waals surface area contributed by atoms with Crippen LogP contribution in [0.5, 0.6) is 0 Å². The second kappa shape index (κ2) is 33.9. The Bertz CT molecular complexity index is 2140. The molecule has 0 aliphatic carbocycles. The number of nitrogens with one attached hydrogen (secondary N) is 9. The van der Waals surface area contributed by atoms with E-state index in [-0.39, 0.29) is 70.0 Å². The second-order valence-electron chi connectivity index (χ2n) is 21.9. The van der Waals surface area contributed by atoms with Crippen molar-refractivity contribution >= 4 is 59.1 Å². The normalized spacial score (nSPS) is 26.7. The van der Waals surface area contributed by atoms with Gasteiger partial charge in [0.05, 0.1) is 12.5 Å². The molecular weight excluding hydrogens is 1010 g/mol. The van der Waals surface area contributed by atoms with Gasteiger partial charge < -0.3 is 74.9 Å². The van der Waals surface area contributed by atoms with Crippen molar-refractivity contribution in [2.24, 2.45) is 46.8 Å². The molecule has 9 amide bonds. The molecule has 2 rings (SSSR count). The van der Waals surface area contributed by atoms with Gasteiger partial charge in [0, 0.05) is 6.42 Å². The summed E-state index contributed by atoms with van der Waals surface area (Å²) in [6, 6.07) is -3.34. The smallest absolute Gasteiger partial charge is 0.331 e. The van der Waals surface area contributed by atoms with E-state index in [2.05, 4.69) is 47.9 Å². The Morgan fingerprint density at radius 1 is 0.487 bits per heavy atom. The molecule has 1 aliphatic rings. The highest BCUT2D eigenvalue weighted by atomic mass is 16.5. The van der Waals surface area contributed by atoms with Crippen molar-refractivity contribution in [1.29, 1.82) is 0 Å². The van der Waals surface area contributed by atoms with Crippen molar-refractivity contribution in [2.75, 3.05) is 19.6 Å². The molecule has 1 aromatic carbocycles. The molecule has 0 unspecified atom stereocenters. The quantitative estimate of drug-likeness (QED) is 0.0814. The van der Waals surface area contributed by atoms with E-state index in [0.717, 1.165) is 0 Å². The molecule has 1 heterocycles. The number of amides is 9. The summed E-state index contributed by atoms with van der Waals surface area (Å²) < 4.78 is 5.76. The first-order chi connectivity index (χ1) is 36.7. The average Bonchev–Trinajstić information content (AvgIpc) is 3.36. The van der Waals surface area contributed by atoms with Crippen molar-refractivity contribution in [3.63, 3.8) is 0 Å². The molecule has 440 valence electrons. The van der Waals surface area contributed by atoms with Gasteiger partial charge in [0.2, 0.25) is 53.2 Å². The monoisotopic (exact) mass is 1100 g/mol. The van der Waals surface area contributed by atoms with Crippen LogP contribution in [0.4, 0.5) is 0 Å². The van der Waals surface area contributed by atoms with Gasteiger partial charge >= 0.3 is 5.97 Å². The number of nitrogens with two attached hydrogens (primary N) is 3. The van der Waals surface area contributed by atoms with E-state index in [4.69, 9.17) is 21.9 Å². The van der Waals surface area contributed by atoms with Gasteiger partial charge in [0.15, 0.2) is 6.04 Å². The SMILES string of the molecule is CC[C@H](C)[C@@H]1NC(=O)[C@H](CCN)NC(=O)C[C@@H](C(C)C)OC(=O)[C@H]([C@@H](C)O)NC(=O)[C@H](CC(C)C)NC(=O)[C@@H](C(C)C)NC(=O)[C@H](CCN)NC(=O)[C@H](CC(C)C)NC(=O)[C@@H](Cc2ccccc2)NC(=O)[C@H](CCN)NC1=O. The van der Waals surface area contributed by atoms with E-state index in [0.29, 0.717) is 12.0 Å². The number of carbonyl (C=O) groups excluding carboxylic acids is 10. The lowest BCUT2D eigenvalue weighted by molar-refractivity contribution is -0.159. The highest BCUT2D eigenvalue weighted by molar-refractivity contribution is 5.98. The zero-order chi connectivity index (χ0) is 59.0. The Balaban J connectivity index is 2.83. The molecular formula is C54H92N12O12. The van der Waals surface area contributed by atoms with E-state index in [1.807, 2.05) is 13.8 Å². The Morgan fingerprint density at radius 3 is 1.33 bits per heavy atom. The fraction of sp³-hybridized carbons (Fsp3) is 0.704. The van der Waals surface area contributed by atoms with Crippen molar-refractivity contribution in [2.45, 2.75) is 194 Å². The van der Waals surface area contributed by atoms with E-state index in [1.54, 1.807) is 85.7 Å². The largest absolute Gasteiger partial charge is 0.460 e. The first kappa shape index (κ1) is 67.9. The molecule has 0 spiro atoms. The first-order valence-electron chi connectivity index (χ1n) is 27.4. The molecule has 16 N–H and O–H groups in total. The summed E-state index contributed by atoms with van der Waals surface area (Å²) in [7, 11) is 0. The van der Waals surface area contributed by atoms with Crippen molar-refractivity contribution in [1.82, 2.24) is 47.9 Å². The third-order valence-corrected chi connectivity index (χ3v) is 13.4. The maximum absolute atomic E-state index is 14.5. The summed E-state index contributed by atoms with van der Waals surface area (Å²) in [6.45, 7) is 18.3. The molecule has 0 bridgehead atoms. The number of hydrogen-bond donors (Lipinski definition) is 13. The number of esters is 1. The van der Waals surface area contributed by atoms with E-state index >= 15 is 0 Å². The molecule has 0 radical (unpaired) electrons. The Labute approximate surface area is 459 Å². The summed E-state index contributed by atoms with van der Waals surface area (Å²) in [5, 5.41) is 34.9. The predicted octanol–water partition coefficient (Wildman–Crippen LogP) is -1.21. The number of carbonyl (C=O) groups is 10. The van der Waals surface area contributed by atoms with Crippen LogP contribution >= 0.6 is 0 Å². The van der Waals surface area contributed by atoms with Crippen LogP contribution < -0.4 is 65.1 Å². The molecule has 78 heavy (non-hydrogen) atoms. The van der Waals surface area contributed by atoms with Crippen molar-refractivity contribution in [3.8, 4) is 0 Å². The maximum atomic E-state index is 14.5. The first-order valence-corrected chi connectivity index (χ1v) is 27.4. The fourth-order valence-electron chi connectivity index (χ4n) is 8.56. The van der Waals surface area contributed by atoms with Gasteiger partial charge in [-0.15, -0.1) is 0 Å². The summed E-state index contributed by atoms with van der Waals surface area (Å²) in [5.41, 5.74) is 18.4. The summed E-state index contributed by atoms with van der Waals surface area (Å²) in [5.74, 6) is -10.2. The minimum absolute atomic E-state index is 0.0476. The zero-order valence-electron chi connectivity index (χ0n) is 47.6. The van der Waals surface area contributed by atoms with Gasteiger partial charge in [0.1, 0.15) is 54.4 Å². The molecule has 1 aromatic rings. The van der Waals surface area contributed by atoms with E-state index < -0.39 is 150 Å². The van der Waals surface area contributed by atoms with Gasteiger partial charge in [-0.3, -0.25) is 43.2 Å². The van der Waals surface area contributed by atoms with E-state index in [1.165, 1.54) is 6.92 Å².